The summed E-state index contributed by atoms with van der Waals surface area (Å²) in [6.07, 6.45) is -0.360. The molecule has 2 aromatic carbocycles. The second-order valence-corrected chi connectivity index (χ2v) is 7.91. The second-order valence-electron chi connectivity index (χ2n) is 6.97. The molecular weight excluding hydrogens is 400 g/mol. The molecule has 0 bridgehead atoms. The topological polar surface area (TPSA) is 75.2 Å². The Labute approximate surface area is 178 Å². The minimum absolute atomic E-state index is 0.360. The Morgan fingerprint density at radius 1 is 1.00 bits per heavy atom. The van der Waals surface area contributed by atoms with Crippen LogP contribution in [0, 0.1) is 13.8 Å². The zero-order valence-electron chi connectivity index (χ0n) is 16.6. The number of benzene rings is 2. The summed E-state index contributed by atoms with van der Waals surface area (Å²) in [5, 5.41) is 13.8. The van der Waals surface area contributed by atoms with Crippen molar-refractivity contribution in [1.29, 1.82) is 0 Å². The van der Waals surface area contributed by atoms with Gasteiger partial charge in [0.05, 0.1) is 5.69 Å². The Bertz CT molecular complexity index is 1150. The summed E-state index contributed by atoms with van der Waals surface area (Å²) >= 11 is 1.59. The normalized spacial score (nSPS) is 15.3. The van der Waals surface area contributed by atoms with Crippen LogP contribution in [-0.2, 0) is 5.75 Å². The minimum Gasteiger partial charge on any atom is -0.485 e. The van der Waals surface area contributed by atoms with Gasteiger partial charge in [-0.25, -0.2) is 0 Å². The Balaban J connectivity index is 1.49. The van der Waals surface area contributed by atoms with E-state index in [0.717, 1.165) is 33.6 Å². The van der Waals surface area contributed by atoms with Crippen molar-refractivity contribution < 1.29 is 14.0 Å². The van der Waals surface area contributed by atoms with Crippen LogP contribution in [-0.4, -0.2) is 26.5 Å². The lowest BCUT2D eigenvalue weighted by atomic mass is 10.2. The standard InChI is InChI=1S/C22H20N4O3S/c1-14-17(15(2)29-25-14)13-30-22-24-23-21(26(22)16-8-4-3-5-9-16)20-12-27-18-10-6-7-11-19(18)28-20/h3-11,20H,12-13H2,1-2H3/t20-/m1/s1. The average molecular weight is 420 g/mol. The third-order valence-electron chi connectivity index (χ3n) is 5.00. The van der Waals surface area contributed by atoms with E-state index in [1.807, 2.05) is 73.0 Å². The number of nitrogens with zero attached hydrogens (tertiary/aromatic N) is 4. The summed E-state index contributed by atoms with van der Waals surface area (Å²) in [5.74, 6) is 3.68. The van der Waals surface area contributed by atoms with E-state index in [2.05, 4.69) is 15.4 Å². The highest BCUT2D eigenvalue weighted by molar-refractivity contribution is 7.98. The number of para-hydroxylation sites is 3. The molecule has 5 rings (SSSR count). The number of ether oxygens (including phenoxy) is 2. The molecule has 3 heterocycles. The second kappa shape index (κ2) is 7.87. The molecule has 0 unspecified atom stereocenters. The van der Waals surface area contributed by atoms with Gasteiger partial charge in [-0.1, -0.05) is 47.3 Å². The maximum atomic E-state index is 6.20. The largest absolute Gasteiger partial charge is 0.485 e. The molecule has 1 atom stereocenters. The van der Waals surface area contributed by atoms with E-state index in [1.54, 1.807) is 11.8 Å². The molecule has 4 aromatic rings. The predicted molar refractivity (Wildman–Crippen MR) is 112 cm³/mol. The molecule has 0 saturated heterocycles. The van der Waals surface area contributed by atoms with Gasteiger partial charge in [0.1, 0.15) is 12.4 Å². The van der Waals surface area contributed by atoms with E-state index >= 15 is 0 Å². The SMILES string of the molecule is Cc1noc(C)c1CSc1nnc([C@H]2COc3ccccc3O2)n1-c1ccccc1. The van der Waals surface area contributed by atoms with Crippen molar-refractivity contribution in [2.45, 2.75) is 30.9 Å². The smallest absolute Gasteiger partial charge is 0.196 e. The Kier molecular flexibility index (Phi) is 4.92. The van der Waals surface area contributed by atoms with E-state index in [9.17, 15) is 0 Å². The van der Waals surface area contributed by atoms with Crippen LogP contribution >= 0.6 is 11.8 Å². The molecule has 152 valence electrons. The molecule has 2 aromatic heterocycles. The molecule has 0 saturated carbocycles. The van der Waals surface area contributed by atoms with Gasteiger partial charge in [0.2, 0.25) is 0 Å². The van der Waals surface area contributed by atoms with E-state index in [-0.39, 0.29) is 6.10 Å². The van der Waals surface area contributed by atoms with Crippen molar-refractivity contribution >= 4 is 11.8 Å². The number of fused-ring (bicyclic) bond motifs is 1. The van der Waals surface area contributed by atoms with Gasteiger partial charge >= 0.3 is 0 Å². The van der Waals surface area contributed by atoms with Gasteiger partial charge in [0, 0.05) is 17.0 Å². The summed E-state index contributed by atoms with van der Waals surface area (Å²) in [4.78, 5) is 0. The summed E-state index contributed by atoms with van der Waals surface area (Å²) < 4.78 is 19.4. The number of aromatic nitrogens is 4. The summed E-state index contributed by atoms with van der Waals surface area (Å²) in [5.41, 5.74) is 2.95. The lowest BCUT2D eigenvalue weighted by Gasteiger charge is -2.26. The van der Waals surface area contributed by atoms with Gasteiger partial charge in [-0.05, 0) is 38.1 Å². The number of hydrogen-bond donors (Lipinski definition) is 0. The lowest BCUT2D eigenvalue weighted by molar-refractivity contribution is 0.0835. The van der Waals surface area contributed by atoms with E-state index in [0.29, 0.717) is 23.9 Å². The molecule has 0 amide bonds. The van der Waals surface area contributed by atoms with Crippen LogP contribution < -0.4 is 9.47 Å². The van der Waals surface area contributed by atoms with E-state index in [1.165, 1.54) is 0 Å². The van der Waals surface area contributed by atoms with Crippen molar-refractivity contribution in [3.63, 3.8) is 0 Å². The fourth-order valence-corrected chi connectivity index (χ4v) is 4.51. The van der Waals surface area contributed by atoms with Crippen LogP contribution in [0.4, 0.5) is 0 Å². The number of rotatable bonds is 5. The molecular formula is C22H20N4O3S. The molecule has 8 heteroatoms. The van der Waals surface area contributed by atoms with Gasteiger partial charge in [-0.2, -0.15) is 0 Å². The van der Waals surface area contributed by atoms with Crippen LogP contribution in [0.2, 0.25) is 0 Å². The number of thioether (sulfide) groups is 1. The summed E-state index contributed by atoms with van der Waals surface area (Å²) in [6.45, 7) is 4.24. The van der Waals surface area contributed by atoms with Crippen molar-refractivity contribution in [2.75, 3.05) is 6.61 Å². The van der Waals surface area contributed by atoms with Crippen LogP contribution in [0.1, 0.15) is 28.9 Å². The number of aryl methyl sites for hydroxylation is 2. The van der Waals surface area contributed by atoms with Gasteiger partial charge in [0.25, 0.3) is 0 Å². The first-order chi connectivity index (χ1) is 14.7. The molecule has 1 aliphatic heterocycles. The minimum atomic E-state index is -0.360. The zero-order chi connectivity index (χ0) is 20.5. The molecule has 7 nitrogen and oxygen atoms in total. The van der Waals surface area contributed by atoms with Crippen molar-refractivity contribution in [3.05, 3.63) is 77.4 Å². The lowest BCUT2D eigenvalue weighted by Crippen LogP contribution is -2.24. The highest BCUT2D eigenvalue weighted by Gasteiger charge is 2.29. The van der Waals surface area contributed by atoms with Gasteiger partial charge in [-0.3, -0.25) is 4.57 Å². The highest BCUT2D eigenvalue weighted by atomic mass is 32.2. The first-order valence-corrected chi connectivity index (χ1v) is 10.6. The third kappa shape index (κ3) is 3.43. The molecule has 0 spiro atoms. The molecule has 0 aliphatic carbocycles. The Morgan fingerprint density at radius 3 is 2.53 bits per heavy atom. The molecule has 30 heavy (non-hydrogen) atoms. The van der Waals surface area contributed by atoms with Crippen LogP contribution in [0.25, 0.3) is 5.69 Å². The fraction of sp³-hybridized carbons (Fsp3) is 0.227. The van der Waals surface area contributed by atoms with Crippen molar-refractivity contribution in [1.82, 2.24) is 19.9 Å². The van der Waals surface area contributed by atoms with E-state index in [4.69, 9.17) is 14.0 Å². The van der Waals surface area contributed by atoms with Crippen molar-refractivity contribution in [2.24, 2.45) is 0 Å². The average Bonchev–Trinajstić information content (AvgIpc) is 3.35. The third-order valence-corrected chi connectivity index (χ3v) is 5.95. The number of hydrogen-bond acceptors (Lipinski definition) is 7. The van der Waals surface area contributed by atoms with Crippen molar-refractivity contribution in [3.8, 4) is 17.2 Å². The molecule has 0 fully saturated rings. The fourth-order valence-electron chi connectivity index (χ4n) is 3.39. The quantitative estimate of drug-likeness (QED) is 0.434. The van der Waals surface area contributed by atoms with Crippen LogP contribution in [0.15, 0.2) is 64.3 Å². The van der Waals surface area contributed by atoms with Crippen LogP contribution in [0.3, 0.4) is 0 Å². The van der Waals surface area contributed by atoms with Gasteiger partial charge in [0.15, 0.2) is 28.6 Å². The first-order valence-electron chi connectivity index (χ1n) is 9.64. The molecule has 0 radical (unpaired) electrons. The van der Waals surface area contributed by atoms with Crippen LogP contribution in [0.5, 0.6) is 11.5 Å². The predicted octanol–water partition coefficient (Wildman–Crippen LogP) is 4.68. The van der Waals surface area contributed by atoms with Gasteiger partial charge in [-0.15, -0.1) is 10.2 Å². The Morgan fingerprint density at radius 2 is 1.77 bits per heavy atom. The summed E-state index contributed by atoms with van der Waals surface area (Å²) in [6, 6.07) is 17.7. The molecule has 1 aliphatic rings. The Hall–Kier alpha value is -3.26. The summed E-state index contributed by atoms with van der Waals surface area (Å²) in [7, 11) is 0. The zero-order valence-corrected chi connectivity index (χ0v) is 17.4. The monoisotopic (exact) mass is 420 g/mol. The van der Waals surface area contributed by atoms with Gasteiger partial charge < -0.3 is 14.0 Å². The first kappa shape index (κ1) is 18.7. The highest BCUT2D eigenvalue weighted by Crippen LogP contribution is 2.37. The maximum absolute atomic E-state index is 6.20. The maximum Gasteiger partial charge on any atom is 0.196 e. The molecule has 0 N–H and O–H groups in total. The van der Waals surface area contributed by atoms with E-state index < -0.39 is 0 Å².